The Morgan fingerprint density at radius 2 is 1.16 bits per heavy atom. The van der Waals surface area contributed by atoms with E-state index < -0.39 is 18.1 Å². The lowest BCUT2D eigenvalue weighted by Crippen LogP contribution is -2.55. The van der Waals surface area contributed by atoms with E-state index in [1.807, 2.05) is 6.08 Å². The Morgan fingerprint density at radius 1 is 0.644 bits per heavy atom. The zero-order valence-corrected chi connectivity index (χ0v) is 29.5. The van der Waals surface area contributed by atoms with E-state index in [1.54, 1.807) is 21.1 Å². The van der Waals surface area contributed by atoms with E-state index >= 15 is 0 Å². The SMILES string of the molecule is CCCCC/C=C/CCC(=O)OCC(COCCC(C(=O)[O-])[N+](C)(C)C)OC(=O)CCCCC/C=C/CCCCCCCCC. The molecule has 2 atom stereocenters. The molecular weight excluding hydrogens is 570 g/mol. The number of carboxylic acids is 1. The molecule has 0 rings (SSSR count). The number of rotatable bonds is 31. The smallest absolute Gasteiger partial charge is 0.306 e. The molecule has 0 saturated heterocycles. The summed E-state index contributed by atoms with van der Waals surface area (Å²) in [7, 11) is 5.37. The summed E-state index contributed by atoms with van der Waals surface area (Å²) >= 11 is 0. The maximum Gasteiger partial charge on any atom is 0.306 e. The number of quaternary nitrogens is 1. The molecule has 0 fully saturated rings. The number of unbranched alkanes of at least 4 members (excludes halogenated alkanes) is 13. The highest BCUT2D eigenvalue weighted by Gasteiger charge is 2.25. The molecule has 0 N–H and O–H groups in total. The number of allylic oxidation sites excluding steroid dienone is 4. The van der Waals surface area contributed by atoms with E-state index in [9.17, 15) is 19.5 Å². The Morgan fingerprint density at radius 3 is 1.73 bits per heavy atom. The second-order valence-corrected chi connectivity index (χ2v) is 13.1. The van der Waals surface area contributed by atoms with Crippen molar-refractivity contribution in [1.82, 2.24) is 0 Å². The summed E-state index contributed by atoms with van der Waals surface area (Å²) in [6.07, 6.45) is 28.0. The van der Waals surface area contributed by atoms with Crippen molar-refractivity contribution >= 4 is 17.9 Å². The van der Waals surface area contributed by atoms with Crippen molar-refractivity contribution in [3.8, 4) is 0 Å². The van der Waals surface area contributed by atoms with Crippen molar-refractivity contribution in [2.24, 2.45) is 0 Å². The summed E-state index contributed by atoms with van der Waals surface area (Å²) in [6, 6.07) is -0.728. The van der Waals surface area contributed by atoms with Gasteiger partial charge in [0.2, 0.25) is 0 Å². The summed E-state index contributed by atoms with van der Waals surface area (Å²) in [5.74, 6) is -1.83. The minimum absolute atomic E-state index is 0.0246. The van der Waals surface area contributed by atoms with E-state index in [2.05, 4.69) is 32.1 Å². The van der Waals surface area contributed by atoms with Gasteiger partial charge in [0.1, 0.15) is 12.6 Å². The molecule has 0 aliphatic heterocycles. The summed E-state index contributed by atoms with van der Waals surface area (Å²) in [5, 5.41) is 11.5. The molecule has 0 radical (unpaired) electrons. The number of hydrogen-bond donors (Lipinski definition) is 0. The summed E-state index contributed by atoms with van der Waals surface area (Å²) in [4.78, 5) is 36.4. The fourth-order valence-corrected chi connectivity index (χ4v) is 4.96. The average Bonchev–Trinajstić information content (AvgIpc) is 2.98. The normalized spacial score (nSPS) is 13.4. The van der Waals surface area contributed by atoms with Crippen molar-refractivity contribution in [1.29, 1.82) is 0 Å². The van der Waals surface area contributed by atoms with Crippen LogP contribution in [0.25, 0.3) is 0 Å². The summed E-state index contributed by atoms with van der Waals surface area (Å²) < 4.78 is 16.9. The van der Waals surface area contributed by atoms with Crippen LogP contribution >= 0.6 is 0 Å². The van der Waals surface area contributed by atoms with Gasteiger partial charge in [0.05, 0.1) is 40.3 Å². The monoisotopic (exact) mass is 637 g/mol. The number of hydrogen-bond acceptors (Lipinski definition) is 7. The molecule has 262 valence electrons. The lowest BCUT2D eigenvalue weighted by atomic mass is 10.1. The van der Waals surface area contributed by atoms with Crippen LogP contribution in [-0.2, 0) is 28.6 Å². The Labute approximate surface area is 275 Å². The van der Waals surface area contributed by atoms with Crippen LogP contribution in [0.1, 0.15) is 142 Å². The van der Waals surface area contributed by atoms with Crippen molar-refractivity contribution in [2.45, 2.75) is 154 Å². The third-order valence-electron chi connectivity index (χ3n) is 7.82. The molecule has 0 spiro atoms. The van der Waals surface area contributed by atoms with Gasteiger partial charge in [-0.15, -0.1) is 0 Å². The van der Waals surface area contributed by atoms with Crippen LogP contribution in [0, 0.1) is 0 Å². The van der Waals surface area contributed by atoms with E-state index in [0.717, 1.165) is 44.9 Å². The molecule has 0 aromatic heterocycles. The number of carboxylic acid groups (broad SMARTS) is 1. The fourth-order valence-electron chi connectivity index (χ4n) is 4.96. The number of ether oxygens (including phenoxy) is 3. The number of esters is 2. The number of carbonyl (C=O) groups excluding carboxylic acids is 3. The quantitative estimate of drug-likeness (QED) is 0.0342. The number of carbonyl (C=O) groups is 3. The van der Waals surface area contributed by atoms with Gasteiger partial charge in [-0.3, -0.25) is 9.59 Å². The molecule has 45 heavy (non-hydrogen) atoms. The van der Waals surface area contributed by atoms with Gasteiger partial charge in [-0.05, 0) is 51.4 Å². The van der Waals surface area contributed by atoms with Gasteiger partial charge in [0.15, 0.2) is 6.10 Å². The number of likely N-dealkylation sites (N-methyl/N-ethyl adjacent to an activating group) is 1. The third kappa shape index (κ3) is 27.8. The van der Waals surface area contributed by atoms with Gasteiger partial charge in [-0.1, -0.05) is 95.9 Å². The molecule has 0 aliphatic rings. The van der Waals surface area contributed by atoms with Crippen LogP contribution in [-0.4, -0.2) is 75.5 Å². The van der Waals surface area contributed by atoms with E-state index in [0.29, 0.717) is 12.8 Å². The molecule has 0 heterocycles. The Kier molecular flexibility index (Phi) is 27.8. The second-order valence-electron chi connectivity index (χ2n) is 13.1. The highest BCUT2D eigenvalue weighted by molar-refractivity contribution is 5.70. The van der Waals surface area contributed by atoms with Crippen LogP contribution in [0.15, 0.2) is 24.3 Å². The van der Waals surface area contributed by atoms with Gasteiger partial charge in [-0.25, -0.2) is 0 Å². The van der Waals surface area contributed by atoms with Crippen molar-refractivity contribution in [2.75, 3.05) is 41.0 Å². The topological polar surface area (TPSA) is 102 Å². The largest absolute Gasteiger partial charge is 0.544 e. The first-order valence-corrected chi connectivity index (χ1v) is 17.9. The standard InChI is InChI=1S/C37H67NO7/c1-6-8-10-12-14-15-16-17-18-19-20-22-24-26-28-36(40)45-33(31-43-30-29-34(37(41)42)38(3,4)5)32-44-35(39)27-25-23-21-13-11-9-7-2/h18-19,21,23,33-34H,6-17,20,22,24-32H2,1-5H3/b19-18+,23-21+. The van der Waals surface area contributed by atoms with E-state index in [4.69, 9.17) is 14.2 Å². The van der Waals surface area contributed by atoms with Crippen LogP contribution in [0.3, 0.4) is 0 Å². The predicted molar refractivity (Wildman–Crippen MR) is 180 cm³/mol. The first kappa shape index (κ1) is 42.8. The third-order valence-corrected chi connectivity index (χ3v) is 7.82. The molecule has 2 unspecified atom stereocenters. The van der Waals surface area contributed by atoms with Crippen LogP contribution < -0.4 is 5.11 Å². The first-order chi connectivity index (χ1) is 21.6. The predicted octanol–water partition coefficient (Wildman–Crippen LogP) is 7.24. The van der Waals surface area contributed by atoms with Gasteiger partial charge < -0.3 is 28.6 Å². The minimum atomic E-state index is -1.13. The maximum atomic E-state index is 12.6. The molecular formula is C37H67NO7. The first-order valence-electron chi connectivity index (χ1n) is 17.9. The number of nitrogens with zero attached hydrogens (tertiary/aromatic N) is 1. The number of aliphatic carboxylic acids is 1. The summed E-state index contributed by atoms with van der Waals surface area (Å²) in [6.45, 7) is 4.51. The zero-order valence-electron chi connectivity index (χ0n) is 29.5. The lowest BCUT2D eigenvalue weighted by molar-refractivity contribution is -0.889. The molecule has 0 aliphatic carbocycles. The molecule has 0 bridgehead atoms. The van der Waals surface area contributed by atoms with Crippen LogP contribution in [0.2, 0.25) is 0 Å². The van der Waals surface area contributed by atoms with Gasteiger partial charge in [0.25, 0.3) is 0 Å². The lowest BCUT2D eigenvalue weighted by Gasteiger charge is -2.34. The highest BCUT2D eigenvalue weighted by Crippen LogP contribution is 2.12. The molecule has 8 nitrogen and oxygen atoms in total. The Balaban J connectivity index is 4.47. The minimum Gasteiger partial charge on any atom is -0.544 e. The molecule has 0 aromatic rings. The van der Waals surface area contributed by atoms with Crippen molar-refractivity contribution < 1.29 is 38.2 Å². The maximum absolute atomic E-state index is 12.6. The summed E-state index contributed by atoms with van der Waals surface area (Å²) in [5.41, 5.74) is 0. The molecule has 0 amide bonds. The second kappa shape index (κ2) is 29.2. The van der Waals surface area contributed by atoms with E-state index in [-0.39, 0.29) is 49.1 Å². The highest BCUT2D eigenvalue weighted by atomic mass is 16.6. The van der Waals surface area contributed by atoms with Gasteiger partial charge in [-0.2, -0.15) is 0 Å². The zero-order chi connectivity index (χ0) is 33.6. The van der Waals surface area contributed by atoms with Gasteiger partial charge in [0, 0.05) is 19.3 Å². The van der Waals surface area contributed by atoms with Gasteiger partial charge >= 0.3 is 11.9 Å². The molecule has 0 saturated carbocycles. The Bertz CT molecular complexity index is 803. The molecule has 8 heteroatoms. The van der Waals surface area contributed by atoms with Crippen molar-refractivity contribution in [3.63, 3.8) is 0 Å². The van der Waals surface area contributed by atoms with Crippen LogP contribution in [0.5, 0.6) is 0 Å². The molecule has 0 aromatic carbocycles. The average molecular weight is 638 g/mol. The fraction of sp³-hybridized carbons (Fsp3) is 0.811. The Hall–Kier alpha value is -2.19. The van der Waals surface area contributed by atoms with E-state index in [1.165, 1.54) is 57.8 Å². The van der Waals surface area contributed by atoms with Crippen molar-refractivity contribution in [3.05, 3.63) is 24.3 Å². The van der Waals surface area contributed by atoms with Crippen LogP contribution in [0.4, 0.5) is 0 Å².